The van der Waals surface area contributed by atoms with E-state index in [9.17, 15) is 15.3 Å². The first kappa shape index (κ1) is 24.3. The molecule has 3 aliphatic carbocycles. The van der Waals surface area contributed by atoms with Crippen LogP contribution in [0.3, 0.4) is 0 Å². The highest BCUT2D eigenvalue weighted by molar-refractivity contribution is 5.41. The molecule has 3 aromatic carbocycles. The van der Waals surface area contributed by atoms with Gasteiger partial charge in [0.2, 0.25) is 0 Å². The molecule has 0 saturated heterocycles. The summed E-state index contributed by atoms with van der Waals surface area (Å²) in [7, 11) is 0. The van der Waals surface area contributed by atoms with Crippen molar-refractivity contribution >= 4 is 0 Å². The summed E-state index contributed by atoms with van der Waals surface area (Å²) < 4.78 is 0. The van der Waals surface area contributed by atoms with Crippen LogP contribution < -0.4 is 10.6 Å². The van der Waals surface area contributed by atoms with Gasteiger partial charge in [-0.3, -0.25) is 0 Å². The Kier molecular flexibility index (Phi) is 6.37. The van der Waals surface area contributed by atoms with E-state index in [-0.39, 0.29) is 11.5 Å². The molecular weight excluding hydrogens is 460 g/mol. The van der Waals surface area contributed by atoms with Crippen LogP contribution in [-0.2, 0) is 19.5 Å². The smallest absolute Gasteiger partial charge is 0.120 e. The second kappa shape index (κ2) is 9.70. The van der Waals surface area contributed by atoms with Gasteiger partial charge < -0.3 is 26.0 Å². The van der Waals surface area contributed by atoms with Gasteiger partial charge in [-0.15, -0.1) is 0 Å². The number of benzene rings is 3. The van der Waals surface area contributed by atoms with E-state index < -0.39 is 0 Å². The van der Waals surface area contributed by atoms with Crippen LogP contribution in [0.15, 0.2) is 66.7 Å². The lowest BCUT2D eigenvalue weighted by atomic mass is 9.53. The van der Waals surface area contributed by atoms with Crippen molar-refractivity contribution in [2.75, 3.05) is 0 Å². The Balaban J connectivity index is 1.31. The maximum absolute atomic E-state index is 10.4. The summed E-state index contributed by atoms with van der Waals surface area (Å²) in [5.74, 6) is 2.73. The molecule has 0 heterocycles. The van der Waals surface area contributed by atoms with Gasteiger partial charge in [-0.1, -0.05) is 49.4 Å². The van der Waals surface area contributed by atoms with Crippen molar-refractivity contribution in [1.29, 1.82) is 0 Å². The molecule has 3 aliphatic rings. The molecule has 5 N–H and O–H groups in total. The number of aryl methyl sites for hydroxylation is 1. The van der Waals surface area contributed by atoms with Crippen molar-refractivity contribution in [2.45, 2.75) is 70.1 Å². The fraction of sp³-hybridized carbons (Fsp3) is 0.438. The Morgan fingerprint density at radius 1 is 0.784 bits per heavy atom. The van der Waals surface area contributed by atoms with E-state index in [1.165, 1.54) is 24.0 Å². The number of nitrogens with one attached hydrogen (secondary N) is 2. The highest BCUT2D eigenvalue weighted by Gasteiger charge is 2.59. The summed E-state index contributed by atoms with van der Waals surface area (Å²) in [4.78, 5) is 0. The van der Waals surface area contributed by atoms with Gasteiger partial charge in [0, 0.05) is 41.7 Å². The Labute approximate surface area is 219 Å². The van der Waals surface area contributed by atoms with Crippen LogP contribution in [0.25, 0.3) is 0 Å². The second-order valence-corrected chi connectivity index (χ2v) is 11.6. The number of rotatable bonds is 6. The number of para-hydroxylation sites is 2. The predicted octanol–water partition coefficient (Wildman–Crippen LogP) is 5.59. The van der Waals surface area contributed by atoms with E-state index in [1.807, 2.05) is 48.5 Å². The third-order valence-corrected chi connectivity index (χ3v) is 9.92. The quantitative estimate of drug-likeness (QED) is 0.306. The van der Waals surface area contributed by atoms with E-state index in [2.05, 4.69) is 23.6 Å². The standard InChI is InChI=1S/C32H38N2O3/c1-32-27(14-15-30(32)33-18-21-6-2-4-8-28(21)36)25-12-10-20-16-23(35)11-13-24(20)26(25)17-31(32)34-19-22-7-3-5-9-29(22)37/h2-9,11,13,16,25-27,30-31,33-37H,10,12,14-15,17-19H2,1H3/t25?,26?,27?,30-,31+,32-/m0/s1. The molecule has 3 unspecified atom stereocenters. The Bertz CT molecular complexity index is 1280. The third kappa shape index (κ3) is 4.28. The highest BCUT2D eigenvalue weighted by Crippen LogP contribution is 2.61. The van der Waals surface area contributed by atoms with Crippen molar-refractivity contribution in [2.24, 2.45) is 17.3 Å². The van der Waals surface area contributed by atoms with E-state index in [0.29, 0.717) is 54.1 Å². The predicted molar refractivity (Wildman–Crippen MR) is 146 cm³/mol. The van der Waals surface area contributed by atoms with Crippen molar-refractivity contribution < 1.29 is 15.3 Å². The van der Waals surface area contributed by atoms with Gasteiger partial charge in [0.1, 0.15) is 17.2 Å². The van der Waals surface area contributed by atoms with Crippen molar-refractivity contribution in [3.8, 4) is 17.2 Å². The zero-order chi connectivity index (χ0) is 25.6. The Morgan fingerprint density at radius 2 is 1.43 bits per heavy atom. The number of hydrogen-bond acceptors (Lipinski definition) is 5. The molecule has 0 aromatic heterocycles. The minimum atomic E-state index is 0.0460. The molecule has 6 atom stereocenters. The number of phenols is 3. The molecule has 2 saturated carbocycles. The number of phenolic OH excluding ortho intramolecular Hbond substituents is 3. The van der Waals surface area contributed by atoms with E-state index >= 15 is 0 Å². The molecule has 0 amide bonds. The first-order valence-corrected chi connectivity index (χ1v) is 13.8. The van der Waals surface area contributed by atoms with E-state index in [1.54, 1.807) is 12.1 Å². The molecule has 5 nitrogen and oxygen atoms in total. The van der Waals surface area contributed by atoms with Crippen LogP contribution in [0, 0.1) is 17.3 Å². The molecule has 5 heteroatoms. The average molecular weight is 499 g/mol. The van der Waals surface area contributed by atoms with Gasteiger partial charge in [0.05, 0.1) is 0 Å². The van der Waals surface area contributed by atoms with Crippen LogP contribution in [0.4, 0.5) is 0 Å². The number of hydrogen-bond donors (Lipinski definition) is 5. The van der Waals surface area contributed by atoms with Crippen LogP contribution in [-0.4, -0.2) is 27.4 Å². The first-order chi connectivity index (χ1) is 17.9. The topological polar surface area (TPSA) is 84.8 Å². The number of fused-ring (bicyclic) bond motifs is 5. The molecule has 0 aliphatic heterocycles. The summed E-state index contributed by atoms with van der Waals surface area (Å²) in [5.41, 5.74) is 4.63. The van der Waals surface area contributed by atoms with Gasteiger partial charge >= 0.3 is 0 Å². The van der Waals surface area contributed by atoms with Crippen molar-refractivity contribution in [3.63, 3.8) is 0 Å². The Morgan fingerprint density at radius 3 is 2.11 bits per heavy atom. The molecule has 0 spiro atoms. The second-order valence-electron chi connectivity index (χ2n) is 11.6. The van der Waals surface area contributed by atoms with Gasteiger partial charge in [0.15, 0.2) is 0 Å². The summed E-state index contributed by atoms with van der Waals surface area (Å²) in [6, 6.07) is 21.8. The minimum Gasteiger partial charge on any atom is -0.508 e. The largest absolute Gasteiger partial charge is 0.508 e. The zero-order valence-electron chi connectivity index (χ0n) is 21.5. The lowest BCUT2D eigenvalue weighted by Gasteiger charge is -2.55. The molecule has 6 rings (SSSR count). The molecule has 0 bridgehead atoms. The normalized spacial score (nSPS) is 30.4. The van der Waals surface area contributed by atoms with Gasteiger partial charge in [-0.05, 0) is 85.3 Å². The van der Waals surface area contributed by atoms with Crippen LogP contribution in [0.1, 0.15) is 60.8 Å². The van der Waals surface area contributed by atoms with Crippen molar-refractivity contribution in [3.05, 3.63) is 89.0 Å². The molecule has 194 valence electrons. The minimum absolute atomic E-state index is 0.0460. The fourth-order valence-electron chi connectivity index (χ4n) is 8.03. The van der Waals surface area contributed by atoms with E-state index in [4.69, 9.17) is 0 Å². The molecule has 2 fully saturated rings. The maximum atomic E-state index is 10.4. The lowest BCUT2D eigenvalue weighted by molar-refractivity contribution is 0.00434. The summed E-state index contributed by atoms with van der Waals surface area (Å²) in [6.45, 7) is 3.76. The summed E-state index contributed by atoms with van der Waals surface area (Å²) in [6.07, 6.45) is 5.55. The zero-order valence-corrected chi connectivity index (χ0v) is 21.5. The molecule has 0 radical (unpaired) electrons. The summed E-state index contributed by atoms with van der Waals surface area (Å²) in [5, 5.41) is 38.6. The third-order valence-electron chi connectivity index (χ3n) is 9.92. The Hall–Kier alpha value is -3.02. The summed E-state index contributed by atoms with van der Waals surface area (Å²) >= 11 is 0. The van der Waals surface area contributed by atoms with Crippen molar-refractivity contribution in [1.82, 2.24) is 10.6 Å². The van der Waals surface area contributed by atoms with Gasteiger partial charge in [-0.25, -0.2) is 0 Å². The SMILES string of the molecule is C[C@]12C(CC[C@@H]1NCc1ccccc1O)C1CCc3cc(O)ccc3C1C[C@H]2NCc1ccccc1O. The maximum Gasteiger partial charge on any atom is 0.120 e. The average Bonchev–Trinajstić information content (AvgIpc) is 3.24. The van der Waals surface area contributed by atoms with Crippen LogP contribution in [0.5, 0.6) is 17.2 Å². The monoisotopic (exact) mass is 498 g/mol. The number of aromatic hydroxyl groups is 3. The van der Waals surface area contributed by atoms with Gasteiger partial charge in [-0.2, -0.15) is 0 Å². The fourth-order valence-corrected chi connectivity index (χ4v) is 8.03. The van der Waals surface area contributed by atoms with Gasteiger partial charge in [0.25, 0.3) is 0 Å². The van der Waals surface area contributed by atoms with E-state index in [0.717, 1.165) is 30.4 Å². The molecule has 3 aromatic rings. The first-order valence-electron chi connectivity index (χ1n) is 13.8. The highest BCUT2D eigenvalue weighted by atomic mass is 16.3. The lowest BCUT2D eigenvalue weighted by Crippen LogP contribution is -2.60. The molecule has 37 heavy (non-hydrogen) atoms. The van der Waals surface area contributed by atoms with Crippen LogP contribution in [0.2, 0.25) is 0 Å². The molecular formula is C32H38N2O3. The van der Waals surface area contributed by atoms with Crippen LogP contribution >= 0.6 is 0 Å².